The Kier molecular flexibility index (Phi) is 4.07. The highest BCUT2D eigenvalue weighted by Crippen LogP contribution is 2.38. The van der Waals surface area contributed by atoms with Gasteiger partial charge in [0.1, 0.15) is 5.60 Å². The first-order chi connectivity index (χ1) is 12.6. The molecule has 0 unspecified atom stereocenters. The van der Waals surface area contributed by atoms with Crippen molar-refractivity contribution < 1.29 is 23.5 Å². The number of alkyl halides is 2. The van der Waals surface area contributed by atoms with E-state index in [0.29, 0.717) is 25.8 Å². The van der Waals surface area contributed by atoms with Crippen molar-refractivity contribution in [2.24, 2.45) is 5.92 Å². The summed E-state index contributed by atoms with van der Waals surface area (Å²) < 4.78 is 28.5. The third kappa shape index (κ3) is 2.83. The summed E-state index contributed by atoms with van der Waals surface area (Å²) in [5, 5.41) is 9.65. The van der Waals surface area contributed by atoms with Crippen LogP contribution in [-0.2, 0) is 22.4 Å². The Morgan fingerprint density at radius 2 is 1.56 bits per heavy atom. The Morgan fingerprint density at radius 1 is 1.04 bits per heavy atom. The average Bonchev–Trinajstić information content (AvgIpc) is 3.32. The Bertz CT molecular complexity index is 765. The lowest BCUT2D eigenvalue weighted by Crippen LogP contribution is -2.60. The van der Waals surface area contributed by atoms with Crippen molar-refractivity contribution in [1.82, 2.24) is 9.80 Å². The van der Waals surface area contributed by atoms with Gasteiger partial charge >= 0.3 is 5.92 Å². The van der Waals surface area contributed by atoms with E-state index in [4.69, 9.17) is 0 Å². The molecule has 2 bridgehead atoms. The van der Waals surface area contributed by atoms with Gasteiger partial charge in [0.15, 0.2) is 0 Å². The number of carbonyl (C=O) groups is 2. The second kappa shape index (κ2) is 5.99. The van der Waals surface area contributed by atoms with Crippen LogP contribution >= 0.6 is 0 Å². The predicted octanol–water partition coefficient (Wildman–Crippen LogP) is 1.62. The van der Waals surface area contributed by atoms with Gasteiger partial charge in [-0.1, -0.05) is 24.3 Å². The quantitative estimate of drug-likeness (QED) is 0.870. The molecule has 0 aromatic heterocycles. The maximum atomic E-state index is 14.2. The zero-order valence-corrected chi connectivity index (χ0v) is 15.5. The number of carbonyl (C=O) groups excluding carboxylic acids is 2. The van der Waals surface area contributed by atoms with Crippen molar-refractivity contribution in [3.8, 4) is 0 Å². The second-order valence-electron chi connectivity index (χ2n) is 8.50. The predicted molar refractivity (Wildman–Crippen MR) is 94.2 cm³/mol. The molecule has 2 heterocycles. The van der Waals surface area contributed by atoms with Crippen LogP contribution in [-0.4, -0.2) is 63.4 Å². The zero-order valence-electron chi connectivity index (χ0n) is 15.5. The second-order valence-corrected chi connectivity index (χ2v) is 8.50. The number of hydrogen-bond acceptors (Lipinski definition) is 3. The summed E-state index contributed by atoms with van der Waals surface area (Å²) in [7, 11) is 0. The van der Waals surface area contributed by atoms with E-state index in [0.717, 1.165) is 18.7 Å². The number of fused-ring (bicyclic) bond motifs is 3. The van der Waals surface area contributed by atoms with Gasteiger partial charge in [-0.3, -0.25) is 9.59 Å². The maximum absolute atomic E-state index is 14.2. The maximum Gasteiger partial charge on any atom is 0.352 e. The fourth-order valence-corrected chi connectivity index (χ4v) is 4.60. The van der Waals surface area contributed by atoms with Gasteiger partial charge in [0, 0.05) is 19.0 Å². The molecular weight excluding hydrogens is 354 g/mol. The normalized spacial score (nSPS) is 25.2. The molecule has 3 aliphatic rings. The minimum atomic E-state index is -3.85. The fourth-order valence-electron chi connectivity index (χ4n) is 4.60. The Hall–Kier alpha value is -2.02. The summed E-state index contributed by atoms with van der Waals surface area (Å²) >= 11 is 0. The number of aliphatic hydroxyl groups is 1. The first-order valence-corrected chi connectivity index (χ1v) is 9.38. The number of halogens is 2. The molecule has 1 aromatic carbocycles. The van der Waals surface area contributed by atoms with Crippen LogP contribution in [0, 0.1) is 5.92 Å². The highest BCUT2D eigenvalue weighted by atomic mass is 19.3. The van der Waals surface area contributed by atoms with Gasteiger partial charge in [-0.15, -0.1) is 0 Å². The SMILES string of the molecule is CC(C)(O)C(F)(F)C(=O)N1C[C@@H]2C[C@H]1CN2C(=O)C1Cc2ccccc2C1. The van der Waals surface area contributed by atoms with E-state index < -0.39 is 23.5 Å². The molecule has 7 heteroatoms. The Labute approximate surface area is 156 Å². The molecule has 4 rings (SSSR count). The van der Waals surface area contributed by atoms with Crippen molar-refractivity contribution in [3.63, 3.8) is 0 Å². The molecule has 5 nitrogen and oxygen atoms in total. The van der Waals surface area contributed by atoms with Gasteiger partial charge in [-0.25, -0.2) is 0 Å². The molecule has 1 aromatic rings. The van der Waals surface area contributed by atoms with E-state index >= 15 is 0 Å². The van der Waals surface area contributed by atoms with Gasteiger partial charge in [-0.05, 0) is 44.2 Å². The number of benzene rings is 1. The topological polar surface area (TPSA) is 60.9 Å². The summed E-state index contributed by atoms with van der Waals surface area (Å²) in [6.07, 6.45) is 1.95. The molecule has 2 saturated heterocycles. The van der Waals surface area contributed by atoms with Crippen molar-refractivity contribution in [2.75, 3.05) is 13.1 Å². The summed E-state index contributed by atoms with van der Waals surface area (Å²) in [6, 6.07) is 7.40. The van der Waals surface area contributed by atoms with Crippen LogP contribution in [0.5, 0.6) is 0 Å². The Morgan fingerprint density at radius 3 is 2.04 bits per heavy atom. The van der Waals surface area contributed by atoms with Crippen molar-refractivity contribution in [1.29, 1.82) is 0 Å². The molecule has 1 aliphatic carbocycles. The van der Waals surface area contributed by atoms with Crippen molar-refractivity contribution in [2.45, 2.75) is 56.7 Å². The van der Waals surface area contributed by atoms with Crippen molar-refractivity contribution >= 4 is 11.8 Å². The molecular formula is C20H24F2N2O3. The van der Waals surface area contributed by atoms with E-state index in [1.165, 1.54) is 11.1 Å². The van der Waals surface area contributed by atoms with Gasteiger partial charge < -0.3 is 14.9 Å². The lowest BCUT2D eigenvalue weighted by molar-refractivity contribution is -0.195. The lowest BCUT2D eigenvalue weighted by Gasteiger charge is -2.38. The molecule has 2 atom stereocenters. The van der Waals surface area contributed by atoms with Crippen LogP contribution < -0.4 is 0 Å². The summed E-state index contributed by atoms with van der Waals surface area (Å²) in [4.78, 5) is 28.2. The molecule has 27 heavy (non-hydrogen) atoms. The third-order valence-corrected chi connectivity index (χ3v) is 6.22. The lowest BCUT2D eigenvalue weighted by atomic mass is 9.99. The Balaban J connectivity index is 1.42. The minimum Gasteiger partial charge on any atom is -0.384 e. The van der Waals surface area contributed by atoms with E-state index in [2.05, 4.69) is 0 Å². The first-order valence-electron chi connectivity index (χ1n) is 9.38. The van der Waals surface area contributed by atoms with Gasteiger partial charge in [-0.2, -0.15) is 8.78 Å². The molecule has 146 valence electrons. The summed E-state index contributed by atoms with van der Waals surface area (Å²) in [5.41, 5.74) is -0.0273. The number of rotatable bonds is 3. The van der Waals surface area contributed by atoms with Gasteiger partial charge in [0.05, 0.1) is 12.1 Å². The molecule has 1 N–H and O–H groups in total. The van der Waals surface area contributed by atoms with Gasteiger partial charge in [0.2, 0.25) is 5.91 Å². The number of hydrogen-bond donors (Lipinski definition) is 1. The fraction of sp³-hybridized carbons (Fsp3) is 0.600. The summed E-state index contributed by atoms with van der Waals surface area (Å²) in [6.45, 7) is 2.28. The van der Waals surface area contributed by atoms with Crippen molar-refractivity contribution in [3.05, 3.63) is 35.4 Å². The summed E-state index contributed by atoms with van der Waals surface area (Å²) in [5.74, 6) is -5.24. The molecule has 0 saturated carbocycles. The monoisotopic (exact) mass is 378 g/mol. The smallest absolute Gasteiger partial charge is 0.352 e. The average molecular weight is 378 g/mol. The van der Waals surface area contributed by atoms with Crippen LogP contribution in [0.4, 0.5) is 8.78 Å². The van der Waals surface area contributed by atoms with Gasteiger partial charge in [0.25, 0.3) is 5.91 Å². The number of likely N-dealkylation sites (tertiary alicyclic amines) is 2. The zero-order chi connectivity index (χ0) is 19.6. The molecule has 2 aliphatic heterocycles. The molecule has 0 radical (unpaired) electrons. The molecule has 0 spiro atoms. The van der Waals surface area contributed by atoms with Crippen LogP contribution in [0.3, 0.4) is 0 Å². The van der Waals surface area contributed by atoms with E-state index in [1.54, 1.807) is 4.90 Å². The molecule has 2 amide bonds. The third-order valence-electron chi connectivity index (χ3n) is 6.22. The first kappa shape index (κ1) is 18.3. The van der Waals surface area contributed by atoms with E-state index in [1.807, 2.05) is 24.3 Å². The highest BCUT2D eigenvalue weighted by Gasteiger charge is 2.58. The van der Waals surface area contributed by atoms with Crippen LogP contribution in [0.2, 0.25) is 0 Å². The number of amides is 2. The molecule has 2 fully saturated rings. The number of piperazine rings is 1. The van der Waals surface area contributed by atoms with Crippen LogP contribution in [0.15, 0.2) is 24.3 Å². The number of nitrogens with zero attached hydrogens (tertiary/aromatic N) is 2. The van der Waals surface area contributed by atoms with E-state index in [9.17, 15) is 23.5 Å². The minimum absolute atomic E-state index is 0.0556. The van der Waals surface area contributed by atoms with Crippen LogP contribution in [0.25, 0.3) is 0 Å². The largest absolute Gasteiger partial charge is 0.384 e. The van der Waals surface area contributed by atoms with E-state index in [-0.39, 0.29) is 24.4 Å². The standard InChI is InChI=1S/C20H24F2N2O3/c1-19(2,27)20(21,22)18(26)24-11-15-9-16(24)10-23(15)17(25)14-7-12-5-3-4-6-13(12)8-14/h3-6,14-16,27H,7-11H2,1-2H3/t15-,16-/m0/s1. The van der Waals surface area contributed by atoms with Crippen LogP contribution in [0.1, 0.15) is 31.4 Å². The highest BCUT2D eigenvalue weighted by molar-refractivity contribution is 5.87.